The summed E-state index contributed by atoms with van der Waals surface area (Å²) in [6.45, 7) is 0.607. The van der Waals surface area contributed by atoms with Gasteiger partial charge < -0.3 is 5.32 Å². The Hall–Kier alpha value is -2.63. The maximum absolute atomic E-state index is 12.1. The van der Waals surface area contributed by atoms with Crippen LogP contribution >= 0.6 is 23.2 Å². The van der Waals surface area contributed by atoms with E-state index in [2.05, 4.69) is 10.4 Å². The molecule has 1 aromatic heterocycles. The highest BCUT2D eigenvalue weighted by atomic mass is 35.5. The topological polar surface area (TPSA) is 64.0 Å². The molecule has 7 heteroatoms. The number of aryl methyl sites for hydroxylation is 1. The zero-order valence-corrected chi connectivity index (χ0v) is 15.9. The van der Waals surface area contributed by atoms with E-state index in [1.165, 1.54) is 10.7 Å². The first kappa shape index (κ1) is 19.1. The van der Waals surface area contributed by atoms with Crippen molar-refractivity contribution in [3.8, 4) is 11.3 Å². The van der Waals surface area contributed by atoms with Crippen molar-refractivity contribution in [2.45, 2.75) is 19.5 Å². The summed E-state index contributed by atoms with van der Waals surface area (Å²) >= 11 is 11.7. The summed E-state index contributed by atoms with van der Waals surface area (Å²) in [7, 11) is 0. The summed E-state index contributed by atoms with van der Waals surface area (Å²) in [6, 6.07) is 17.5. The molecule has 1 amide bonds. The molecule has 5 nitrogen and oxygen atoms in total. The van der Waals surface area contributed by atoms with Gasteiger partial charge >= 0.3 is 0 Å². The summed E-state index contributed by atoms with van der Waals surface area (Å²) in [5.74, 6) is -0.157. The molecule has 0 saturated carbocycles. The van der Waals surface area contributed by atoms with Crippen molar-refractivity contribution in [2.75, 3.05) is 0 Å². The van der Waals surface area contributed by atoms with Crippen LogP contribution in [0.3, 0.4) is 0 Å². The van der Waals surface area contributed by atoms with Gasteiger partial charge in [-0.1, -0.05) is 47.5 Å². The molecular weight excluding hydrogens is 385 g/mol. The molecule has 0 spiro atoms. The van der Waals surface area contributed by atoms with Gasteiger partial charge in [-0.3, -0.25) is 9.59 Å². The van der Waals surface area contributed by atoms with Crippen LogP contribution < -0.4 is 10.9 Å². The number of nitrogens with one attached hydrogen (secondary N) is 1. The molecule has 2 aromatic carbocycles. The summed E-state index contributed by atoms with van der Waals surface area (Å²) in [6.07, 6.45) is 0.157. The lowest BCUT2D eigenvalue weighted by molar-refractivity contribution is -0.121. The van der Waals surface area contributed by atoms with Gasteiger partial charge in [-0.25, -0.2) is 4.68 Å². The van der Waals surface area contributed by atoms with Gasteiger partial charge in [-0.15, -0.1) is 0 Å². The summed E-state index contributed by atoms with van der Waals surface area (Å²) < 4.78 is 1.30. The lowest BCUT2D eigenvalue weighted by Crippen LogP contribution is -2.28. The average Bonchev–Trinajstić information content (AvgIpc) is 2.67. The van der Waals surface area contributed by atoms with Crippen LogP contribution in [0.4, 0.5) is 0 Å². The first-order valence-corrected chi connectivity index (χ1v) is 9.12. The third kappa shape index (κ3) is 5.42. The minimum absolute atomic E-state index is 0.157. The highest BCUT2D eigenvalue weighted by Crippen LogP contribution is 2.18. The zero-order valence-electron chi connectivity index (χ0n) is 14.4. The Kier molecular flexibility index (Phi) is 6.27. The molecule has 138 valence electrons. The molecule has 0 aliphatic heterocycles. The second kappa shape index (κ2) is 8.84. The van der Waals surface area contributed by atoms with E-state index in [0.29, 0.717) is 22.3 Å². The largest absolute Gasteiger partial charge is 0.352 e. The van der Waals surface area contributed by atoms with Crippen molar-refractivity contribution in [2.24, 2.45) is 0 Å². The normalized spacial score (nSPS) is 10.6. The van der Waals surface area contributed by atoms with E-state index in [1.54, 1.807) is 30.3 Å². The number of carbonyl (C=O) groups is 1. The average molecular weight is 402 g/mol. The highest BCUT2D eigenvalue weighted by Gasteiger charge is 2.07. The fourth-order valence-corrected chi connectivity index (χ4v) is 2.73. The standard InChI is InChI=1S/C20H17Cl2N3O2/c21-16-5-1-14(2-6-16)13-23-19(26)11-12-25-20(27)10-9-18(24-25)15-3-7-17(22)8-4-15/h1-10H,11-13H2,(H,23,26). The molecule has 27 heavy (non-hydrogen) atoms. The van der Waals surface area contributed by atoms with Gasteiger partial charge in [0.05, 0.1) is 12.2 Å². The Balaban J connectivity index is 1.60. The van der Waals surface area contributed by atoms with Crippen molar-refractivity contribution < 1.29 is 4.79 Å². The van der Waals surface area contributed by atoms with Gasteiger partial charge in [0.25, 0.3) is 5.56 Å². The SMILES string of the molecule is O=C(CCn1nc(-c2ccc(Cl)cc2)ccc1=O)NCc1ccc(Cl)cc1. The first-order valence-electron chi connectivity index (χ1n) is 8.36. The van der Waals surface area contributed by atoms with Crippen LogP contribution in [0.1, 0.15) is 12.0 Å². The van der Waals surface area contributed by atoms with Crippen molar-refractivity contribution in [3.63, 3.8) is 0 Å². The number of aromatic nitrogens is 2. The Morgan fingerprint density at radius 2 is 1.56 bits per heavy atom. The number of benzene rings is 2. The molecule has 0 aliphatic carbocycles. The molecule has 0 unspecified atom stereocenters. The van der Waals surface area contributed by atoms with E-state index in [1.807, 2.05) is 24.3 Å². The van der Waals surface area contributed by atoms with Gasteiger partial charge in [0, 0.05) is 34.6 Å². The van der Waals surface area contributed by atoms with E-state index < -0.39 is 0 Å². The summed E-state index contributed by atoms with van der Waals surface area (Å²) in [4.78, 5) is 24.1. The van der Waals surface area contributed by atoms with Crippen molar-refractivity contribution in [3.05, 3.63) is 86.6 Å². The monoisotopic (exact) mass is 401 g/mol. The minimum atomic E-state index is -0.252. The quantitative estimate of drug-likeness (QED) is 0.680. The lowest BCUT2D eigenvalue weighted by Gasteiger charge is -2.08. The molecule has 0 fully saturated rings. The number of rotatable bonds is 6. The Morgan fingerprint density at radius 1 is 0.926 bits per heavy atom. The third-order valence-electron chi connectivity index (χ3n) is 3.96. The van der Waals surface area contributed by atoms with Gasteiger partial charge in [-0.2, -0.15) is 5.10 Å². The second-order valence-electron chi connectivity index (χ2n) is 5.94. The summed E-state index contributed by atoms with van der Waals surface area (Å²) in [5.41, 5.74) is 2.19. The van der Waals surface area contributed by atoms with E-state index >= 15 is 0 Å². The number of amides is 1. The third-order valence-corrected chi connectivity index (χ3v) is 4.46. The minimum Gasteiger partial charge on any atom is -0.352 e. The number of halogens is 2. The molecule has 0 aliphatic rings. The predicted molar refractivity (Wildman–Crippen MR) is 107 cm³/mol. The maximum Gasteiger partial charge on any atom is 0.266 e. The summed E-state index contributed by atoms with van der Waals surface area (Å²) in [5, 5.41) is 8.44. The van der Waals surface area contributed by atoms with Gasteiger partial charge in [-0.05, 0) is 35.9 Å². The Labute approximate surface area is 166 Å². The Bertz CT molecular complexity index is 983. The predicted octanol–water partition coefficient (Wildman–Crippen LogP) is 3.92. The van der Waals surface area contributed by atoms with Gasteiger partial charge in [0.2, 0.25) is 5.91 Å². The maximum atomic E-state index is 12.1. The second-order valence-corrected chi connectivity index (χ2v) is 6.81. The molecule has 0 radical (unpaired) electrons. The van der Waals surface area contributed by atoms with Crippen LogP contribution in [-0.2, 0) is 17.9 Å². The molecule has 0 bridgehead atoms. The van der Waals surface area contributed by atoms with Crippen LogP contribution in [-0.4, -0.2) is 15.7 Å². The van der Waals surface area contributed by atoms with Crippen molar-refractivity contribution in [1.29, 1.82) is 0 Å². The molecule has 1 N–H and O–H groups in total. The number of carbonyl (C=O) groups excluding carboxylic acids is 1. The van der Waals surface area contributed by atoms with Crippen LogP contribution in [0.15, 0.2) is 65.5 Å². The highest BCUT2D eigenvalue weighted by molar-refractivity contribution is 6.30. The van der Waals surface area contributed by atoms with Crippen LogP contribution in [0.2, 0.25) is 10.0 Å². The number of hydrogen-bond donors (Lipinski definition) is 1. The van der Waals surface area contributed by atoms with E-state index in [0.717, 1.165) is 11.1 Å². The lowest BCUT2D eigenvalue weighted by atomic mass is 10.1. The van der Waals surface area contributed by atoms with Gasteiger partial charge in [0.15, 0.2) is 0 Å². The van der Waals surface area contributed by atoms with Crippen LogP contribution in [0.25, 0.3) is 11.3 Å². The van der Waals surface area contributed by atoms with Crippen molar-refractivity contribution >= 4 is 29.1 Å². The fourth-order valence-electron chi connectivity index (χ4n) is 2.48. The zero-order chi connectivity index (χ0) is 19.2. The molecule has 3 rings (SSSR count). The van der Waals surface area contributed by atoms with Crippen LogP contribution in [0.5, 0.6) is 0 Å². The fraction of sp³-hybridized carbons (Fsp3) is 0.150. The van der Waals surface area contributed by atoms with Crippen molar-refractivity contribution in [1.82, 2.24) is 15.1 Å². The molecule has 0 atom stereocenters. The Morgan fingerprint density at radius 3 is 2.22 bits per heavy atom. The smallest absolute Gasteiger partial charge is 0.266 e. The van der Waals surface area contributed by atoms with E-state index in [4.69, 9.17) is 23.2 Å². The molecule has 3 aromatic rings. The number of hydrogen-bond acceptors (Lipinski definition) is 3. The van der Waals surface area contributed by atoms with Crippen LogP contribution in [0, 0.1) is 0 Å². The molecule has 1 heterocycles. The van der Waals surface area contributed by atoms with E-state index in [-0.39, 0.29) is 24.4 Å². The molecule has 0 saturated heterocycles. The number of nitrogens with zero attached hydrogens (tertiary/aromatic N) is 2. The van der Waals surface area contributed by atoms with Gasteiger partial charge in [0.1, 0.15) is 0 Å². The van der Waals surface area contributed by atoms with E-state index in [9.17, 15) is 9.59 Å². The molecular formula is C20H17Cl2N3O2. The first-order chi connectivity index (χ1) is 13.0.